The van der Waals surface area contributed by atoms with Crippen molar-refractivity contribution in [2.75, 3.05) is 18.5 Å². The van der Waals surface area contributed by atoms with Gasteiger partial charge in [0, 0.05) is 24.5 Å². The number of ether oxygens (including phenoxy) is 2. The molecule has 43 heavy (non-hydrogen) atoms. The van der Waals surface area contributed by atoms with E-state index in [4.69, 9.17) is 14.5 Å². The number of nitrogens with zero attached hydrogens (tertiary/aromatic N) is 4. The molecule has 1 saturated heterocycles. The number of amides is 1. The van der Waals surface area contributed by atoms with Gasteiger partial charge in [-0.3, -0.25) is 9.78 Å². The lowest BCUT2D eigenvalue weighted by Crippen LogP contribution is -2.48. The van der Waals surface area contributed by atoms with Gasteiger partial charge in [-0.25, -0.2) is 19.3 Å². The topological polar surface area (TPSA) is 127 Å². The van der Waals surface area contributed by atoms with Crippen LogP contribution in [0.3, 0.4) is 0 Å². The number of hydrogen-bond acceptors (Lipinski definition) is 8. The Balaban J connectivity index is 1.21. The summed E-state index contributed by atoms with van der Waals surface area (Å²) in [6.45, 7) is 2.94. The highest BCUT2D eigenvalue weighted by atomic mass is 19.1. The van der Waals surface area contributed by atoms with Crippen LogP contribution in [-0.4, -0.2) is 44.0 Å². The van der Waals surface area contributed by atoms with E-state index in [-0.39, 0.29) is 24.9 Å². The van der Waals surface area contributed by atoms with Gasteiger partial charge in [0.15, 0.2) is 5.82 Å². The summed E-state index contributed by atoms with van der Waals surface area (Å²) in [7, 11) is 0. The zero-order chi connectivity index (χ0) is 29.6. The van der Waals surface area contributed by atoms with Crippen molar-refractivity contribution < 1.29 is 18.7 Å². The van der Waals surface area contributed by atoms with Crippen LogP contribution in [0.15, 0.2) is 91.3 Å². The van der Waals surface area contributed by atoms with Crippen LogP contribution >= 0.6 is 0 Å². The maximum atomic E-state index is 13.8. The third kappa shape index (κ3) is 6.58. The predicted octanol–water partition coefficient (Wildman–Crippen LogP) is 5.05. The first-order valence-electron chi connectivity index (χ1n) is 13.9. The third-order valence-electron chi connectivity index (χ3n) is 7.08. The van der Waals surface area contributed by atoms with E-state index in [1.807, 2.05) is 48.5 Å². The van der Waals surface area contributed by atoms with Gasteiger partial charge in [-0.1, -0.05) is 36.4 Å². The highest BCUT2D eigenvalue weighted by molar-refractivity contribution is 5.82. The molecule has 1 amide bonds. The fraction of sp³-hybridized carbons (Fsp3) is 0.219. The predicted molar refractivity (Wildman–Crippen MR) is 158 cm³/mol. The monoisotopic (exact) mass is 579 g/mol. The number of carbonyl (C=O) groups is 1. The number of H-pyrrole nitrogens is 1. The molecule has 0 atom stereocenters. The van der Waals surface area contributed by atoms with E-state index in [1.165, 1.54) is 12.1 Å². The van der Waals surface area contributed by atoms with E-state index in [0.717, 1.165) is 11.3 Å². The summed E-state index contributed by atoms with van der Waals surface area (Å²) in [4.78, 5) is 34.4. The normalized spacial score (nSPS) is 18.2. The molecule has 1 fully saturated rings. The molecule has 2 aromatic carbocycles. The van der Waals surface area contributed by atoms with Gasteiger partial charge in [0.2, 0.25) is 18.1 Å². The Morgan fingerprint density at radius 3 is 2.44 bits per heavy atom. The van der Waals surface area contributed by atoms with Gasteiger partial charge in [0.25, 0.3) is 0 Å². The van der Waals surface area contributed by atoms with Crippen LogP contribution in [0.4, 0.5) is 10.3 Å². The number of carbonyl (C=O) groups excluding carboxylic acids is 1. The molecule has 0 spiro atoms. The second kappa shape index (κ2) is 12.5. The summed E-state index contributed by atoms with van der Waals surface area (Å²) in [6, 6.07) is 23.2. The number of imidazole rings is 1. The Morgan fingerprint density at radius 1 is 0.930 bits per heavy atom. The SMILES string of the molecule is CC1(C(=O)NCc2ccccc2)COC(c2nc(-c3ccc(F)cc3)c(-c3ccnc(NCc4ccccn4)n3)[nH]2)OC1. The molecule has 0 saturated carbocycles. The fourth-order valence-corrected chi connectivity index (χ4v) is 4.65. The summed E-state index contributed by atoms with van der Waals surface area (Å²) in [6.07, 6.45) is 2.53. The molecule has 3 aromatic heterocycles. The molecular weight excluding hydrogens is 549 g/mol. The molecule has 0 aliphatic carbocycles. The van der Waals surface area contributed by atoms with Crippen LogP contribution in [0.25, 0.3) is 22.6 Å². The van der Waals surface area contributed by atoms with Crippen molar-refractivity contribution in [2.45, 2.75) is 26.3 Å². The second-order valence-corrected chi connectivity index (χ2v) is 10.5. The largest absolute Gasteiger partial charge is 0.351 e. The van der Waals surface area contributed by atoms with Crippen LogP contribution in [0, 0.1) is 11.2 Å². The number of aromatic nitrogens is 5. The quantitative estimate of drug-likeness (QED) is 0.222. The number of nitrogens with one attached hydrogen (secondary N) is 3. The number of aromatic amines is 1. The Hall–Kier alpha value is -5.00. The van der Waals surface area contributed by atoms with Crippen molar-refractivity contribution in [1.82, 2.24) is 30.2 Å². The van der Waals surface area contributed by atoms with Crippen LogP contribution in [0.2, 0.25) is 0 Å². The number of anilines is 1. The van der Waals surface area contributed by atoms with Gasteiger partial charge >= 0.3 is 0 Å². The van der Waals surface area contributed by atoms with E-state index in [9.17, 15) is 9.18 Å². The van der Waals surface area contributed by atoms with Gasteiger partial charge in [-0.2, -0.15) is 0 Å². The van der Waals surface area contributed by atoms with E-state index in [1.54, 1.807) is 37.5 Å². The summed E-state index contributed by atoms with van der Waals surface area (Å²) in [5.41, 5.74) is 3.36. The van der Waals surface area contributed by atoms with Crippen molar-refractivity contribution in [3.63, 3.8) is 0 Å². The van der Waals surface area contributed by atoms with Crippen molar-refractivity contribution in [3.05, 3.63) is 114 Å². The van der Waals surface area contributed by atoms with Crippen molar-refractivity contribution in [2.24, 2.45) is 5.41 Å². The number of benzene rings is 2. The van der Waals surface area contributed by atoms with E-state index >= 15 is 0 Å². The molecule has 1 aliphatic heterocycles. The maximum absolute atomic E-state index is 13.8. The van der Waals surface area contributed by atoms with Gasteiger partial charge in [-0.05, 0) is 55.0 Å². The molecule has 3 N–H and O–H groups in total. The standard InChI is InChI=1S/C32H30FN7O3/c1-32(30(41)36-17-21-7-3-2-4-8-21)19-42-29(43-20-32)28-39-26(22-10-12-23(33)13-11-22)27(40-28)25-14-16-35-31(38-25)37-18-24-9-5-6-15-34-24/h2-16,29H,17-20H2,1H3,(H,36,41)(H,39,40)(H,35,37,38). The van der Waals surface area contributed by atoms with E-state index in [2.05, 4.69) is 30.6 Å². The first-order chi connectivity index (χ1) is 21.0. The summed E-state index contributed by atoms with van der Waals surface area (Å²) < 4.78 is 25.8. The van der Waals surface area contributed by atoms with Crippen molar-refractivity contribution >= 4 is 11.9 Å². The molecule has 5 aromatic rings. The highest BCUT2D eigenvalue weighted by Crippen LogP contribution is 2.35. The molecular formula is C32H30FN7O3. The molecule has 1 aliphatic rings. The molecule has 11 heteroatoms. The maximum Gasteiger partial charge on any atom is 0.230 e. The summed E-state index contributed by atoms with van der Waals surface area (Å²) >= 11 is 0. The molecule has 10 nitrogen and oxygen atoms in total. The van der Waals surface area contributed by atoms with Gasteiger partial charge < -0.3 is 25.1 Å². The first-order valence-corrected chi connectivity index (χ1v) is 13.9. The summed E-state index contributed by atoms with van der Waals surface area (Å²) in [5, 5.41) is 6.17. The first kappa shape index (κ1) is 28.1. The van der Waals surface area contributed by atoms with Gasteiger partial charge in [0.1, 0.15) is 5.82 Å². The van der Waals surface area contributed by atoms with Gasteiger partial charge in [-0.15, -0.1) is 0 Å². The molecule has 218 valence electrons. The Labute approximate surface area is 247 Å². The average molecular weight is 580 g/mol. The Kier molecular flexibility index (Phi) is 8.16. The van der Waals surface area contributed by atoms with Crippen LogP contribution < -0.4 is 10.6 Å². The zero-order valence-corrected chi connectivity index (χ0v) is 23.5. The minimum Gasteiger partial charge on any atom is -0.351 e. The average Bonchev–Trinajstić information content (AvgIpc) is 3.50. The Morgan fingerprint density at radius 2 is 1.70 bits per heavy atom. The van der Waals surface area contributed by atoms with E-state index in [0.29, 0.717) is 47.5 Å². The summed E-state index contributed by atoms with van der Waals surface area (Å²) in [5.74, 6) is 0.302. The molecule has 4 heterocycles. The van der Waals surface area contributed by atoms with Gasteiger partial charge in [0.05, 0.1) is 47.9 Å². The smallest absolute Gasteiger partial charge is 0.230 e. The van der Waals surface area contributed by atoms with Crippen LogP contribution in [0.5, 0.6) is 0 Å². The van der Waals surface area contributed by atoms with Crippen LogP contribution in [-0.2, 0) is 27.4 Å². The van der Waals surface area contributed by atoms with Crippen molar-refractivity contribution in [1.29, 1.82) is 0 Å². The number of pyridine rings is 1. The van der Waals surface area contributed by atoms with Crippen molar-refractivity contribution in [3.8, 4) is 22.6 Å². The third-order valence-corrected chi connectivity index (χ3v) is 7.08. The fourth-order valence-electron chi connectivity index (χ4n) is 4.65. The minimum absolute atomic E-state index is 0.134. The molecule has 6 rings (SSSR count). The number of hydrogen-bond donors (Lipinski definition) is 3. The molecule has 0 radical (unpaired) electrons. The Bertz CT molecular complexity index is 1670. The lowest BCUT2D eigenvalue weighted by Gasteiger charge is -2.35. The number of rotatable bonds is 9. The van der Waals surface area contributed by atoms with Crippen LogP contribution in [0.1, 0.15) is 30.3 Å². The molecule has 0 bridgehead atoms. The van der Waals surface area contributed by atoms with E-state index < -0.39 is 11.7 Å². The zero-order valence-electron chi connectivity index (χ0n) is 23.5. The second-order valence-electron chi connectivity index (χ2n) is 10.5. The highest BCUT2D eigenvalue weighted by Gasteiger charge is 2.40. The molecule has 0 unspecified atom stereocenters. The lowest BCUT2D eigenvalue weighted by atomic mass is 9.91. The number of halogens is 1. The lowest BCUT2D eigenvalue weighted by molar-refractivity contribution is -0.231. The minimum atomic E-state index is -0.874.